The van der Waals surface area contributed by atoms with Crippen molar-refractivity contribution in [1.29, 1.82) is 0 Å². The zero-order chi connectivity index (χ0) is 22.0. The second-order valence-corrected chi connectivity index (χ2v) is 8.79. The minimum absolute atomic E-state index is 0.112. The number of amides is 1. The summed E-state index contributed by atoms with van der Waals surface area (Å²) in [7, 11) is 1.37. The van der Waals surface area contributed by atoms with Crippen molar-refractivity contribution in [3.8, 4) is 10.8 Å². The summed E-state index contributed by atoms with van der Waals surface area (Å²) < 4.78 is 10.4. The second kappa shape index (κ2) is 9.21. The molecule has 1 saturated heterocycles. The van der Waals surface area contributed by atoms with Crippen molar-refractivity contribution in [2.45, 2.75) is 13.0 Å². The molecule has 162 valence electrons. The van der Waals surface area contributed by atoms with E-state index in [0.717, 1.165) is 4.88 Å². The summed E-state index contributed by atoms with van der Waals surface area (Å²) in [6.07, 6.45) is 1.59. The van der Waals surface area contributed by atoms with Gasteiger partial charge in [0.15, 0.2) is 10.8 Å². The number of rotatable bonds is 5. The Kier molecular flexibility index (Phi) is 6.41. The van der Waals surface area contributed by atoms with Crippen molar-refractivity contribution in [3.63, 3.8) is 0 Å². The van der Waals surface area contributed by atoms with Gasteiger partial charge in [-0.1, -0.05) is 29.8 Å². The summed E-state index contributed by atoms with van der Waals surface area (Å²) in [6, 6.07) is 10.3. The van der Waals surface area contributed by atoms with Crippen molar-refractivity contribution in [2.75, 3.05) is 33.3 Å². The maximum atomic E-state index is 13.1. The lowest BCUT2D eigenvalue weighted by molar-refractivity contribution is -0.148. The highest BCUT2D eigenvalue weighted by molar-refractivity contribution is 7.15. The third kappa shape index (κ3) is 4.37. The summed E-state index contributed by atoms with van der Waals surface area (Å²) in [5.41, 5.74) is 1.15. The van der Waals surface area contributed by atoms with Gasteiger partial charge >= 0.3 is 5.97 Å². The molecule has 1 unspecified atom stereocenters. The van der Waals surface area contributed by atoms with Gasteiger partial charge in [0.2, 0.25) is 0 Å². The molecule has 0 bridgehead atoms. The van der Waals surface area contributed by atoms with E-state index in [4.69, 9.17) is 20.8 Å². The average molecular weight is 460 g/mol. The van der Waals surface area contributed by atoms with Crippen LogP contribution in [-0.2, 0) is 9.53 Å². The number of methoxy groups -OCH3 is 1. The van der Waals surface area contributed by atoms with Gasteiger partial charge in [0.25, 0.3) is 5.91 Å². The first-order chi connectivity index (χ1) is 15.0. The van der Waals surface area contributed by atoms with E-state index in [2.05, 4.69) is 4.98 Å². The fraction of sp³-hybridized carbons (Fsp3) is 0.318. The average Bonchev–Trinajstić information content (AvgIpc) is 3.45. The highest BCUT2D eigenvalue weighted by Gasteiger charge is 2.34. The van der Waals surface area contributed by atoms with Gasteiger partial charge in [0.1, 0.15) is 11.7 Å². The molecule has 0 radical (unpaired) electrons. The molecule has 1 fully saturated rings. The lowest BCUT2D eigenvalue weighted by Crippen LogP contribution is -2.51. The Balaban J connectivity index is 1.48. The number of aryl methyl sites for hydroxylation is 1. The van der Waals surface area contributed by atoms with E-state index in [0.29, 0.717) is 53.2 Å². The number of benzene rings is 1. The molecule has 0 aliphatic carbocycles. The Morgan fingerprint density at radius 2 is 1.90 bits per heavy atom. The van der Waals surface area contributed by atoms with Gasteiger partial charge in [0, 0.05) is 36.1 Å². The maximum Gasteiger partial charge on any atom is 0.327 e. The summed E-state index contributed by atoms with van der Waals surface area (Å²) in [6.45, 7) is 3.88. The number of aromatic nitrogens is 1. The number of hydrogen-bond acceptors (Lipinski definition) is 7. The molecular weight excluding hydrogens is 438 g/mol. The van der Waals surface area contributed by atoms with Crippen LogP contribution >= 0.6 is 22.9 Å². The SMILES string of the molecule is COC(=O)C(c1ccccc1Cl)N1CCN(C(=O)c2nc(-c3ccco3)sc2C)CC1. The predicted molar refractivity (Wildman–Crippen MR) is 118 cm³/mol. The number of nitrogens with zero attached hydrogens (tertiary/aromatic N) is 3. The van der Waals surface area contributed by atoms with Crippen molar-refractivity contribution in [1.82, 2.24) is 14.8 Å². The summed E-state index contributed by atoms with van der Waals surface area (Å²) >= 11 is 7.78. The molecule has 31 heavy (non-hydrogen) atoms. The first-order valence-electron chi connectivity index (χ1n) is 9.86. The molecule has 3 aromatic rings. The number of furan rings is 1. The summed E-state index contributed by atoms with van der Waals surface area (Å²) in [4.78, 5) is 34.8. The molecule has 0 N–H and O–H groups in total. The zero-order valence-electron chi connectivity index (χ0n) is 17.2. The minimum atomic E-state index is -0.609. The van der Waals surface area contributed by atoms with Gasteiger partial charge < -0.3 is 14.1 Å². The smallest absolute Gasteiger partial charge is 0.327 e. The number of thiazole rings is 1. The molecule has 1 atom stereocenters. The van der Waals surface area contributed by atoms with Crippen LogP contribution < -0.4 is 0 Å². The third-order valence-corrected chi connectivity index (χ3v) is 6.65. The van der Waals surface area contributed by atoms with E-state index in [9.17, 15) is 9.59 Å². The van der Waals surface area contributed by atoms with Gasteiger partial charge in [0.05, 0.1) is 13.4 Å². The predicted octanol–water partition coefficient (Wildman–Crippen LogP) is 4.04. The third-order valence-electron chi connectivity index (χ3n) is 5.32. The molecule has 0 spiro atoms. The molecule has 1 aliphatic rings. The number of carbonyl (C=O) groups excluding carboxylic acids is 2. The molecule has 1 aliphatic heterocycles. The lowest BCUT2D eigenvalue weighted by Gasteiger charge is -2.38. The second-order valence-electron chi connectivity index (χ2n) is 7.18. The number of carbonyl (C=O) groups is 2. The monoisotopic (exact) mass is 459 g/mol. The van der Waals surface area contributed by atoms with Gasteiger partial charge in [-0.3, -0.25) is 9.69 Å². The maximum absolute atomic E-state index is 13.1. The van der Waals surface area contributed by atoms with Gasteiger partial charge in [-0.25, -0.2) is 9.78 Å². The Bertz CT molecular complexity index is 1070. The first-order valence-corrected chi connectivity index (χ1v) is 11.1. The Labute approximate surface area is 189 Å². The molecule has 4 rings (SSSR count). The fourth-order valence-corrected chi connectivity index (χ4v) is 4.83. The standard InChI is InChI=1S/C22H22ClN3O4S/c1-14-18(24-20(31-14)17-8-5-13-30-17)21(27)26-11-9-25(10-12-26)19(22(28)29-2)15-6-3-4-7-16(15)23/h3-8,13,19H,9-12H2,1-2H3. The first kappa shape index (κ1) is 21.5. The van der Waals surface area contributed by atoms with Gasteiger partial charge in [-0.05, 0) is 30.7 Å². The minimum Gasteiger partial charge on any atom is -0.468 e. The number of halogens is 1. The van der Waals surface area contributed by atoms with Crippen LogP contribution in [0, 0.1) is 6.92 Å². The van der Waals surface area contributed by atoms with Crippen LogP contribution in [0.3, 0.4) is 0 Å². The Morgan fingerprint density at radius 3 is 2.55 bits per heavy atom. The topological polar surface area (TPSA) is 75.9 Å². The largest absolute Gasteiger partial charge is 0.468 e. The number of ether oxygens (including phenoxy) is 1. The molecule has 9 heteroatoms. The number of hydrogen-bond donors (Lipinski definition) is 0. The Morgan fingerprint density at radius 1 is 1.16 bits per heavy atom. The van der Waals surface area contributed by atoms with Crippen LogP contribution in [0.1, 0.15) is 27.0 Å². The van der Waals surface area contributed by atoms with E-state index in [1.165, 1.54) is 18.4 Å². The van der Waals surface area contributed by atoms with Crippen molar-refractivity contribution >= 4 is 34.8 Å². The van der Waals surface area contributed by atoms with E-state index < -0.39 is 6.04 Å². The molecule has 7 nitrogen and oxygen atoms in total. The van der Waals surface area contributed by atoms with Crippen LogP contribution in [-0.4, -0.2) is 59.9 Å². The van der Waals surface area contributed by atoms with E-state index in [1.54, 1.807) is 23.3 Å². The van der Waals surface area contributed by atoms with Crippen molar-refractivity contribution < 1.29 is 18.7 Å². The highest BCUT2D eigenvalue weighted by Crippen LogP contribution is 2.31. The van der Waals surface area contributed by atoms with Gasteiger partial charge in [-0.2, -0.15) is 0 Å². The van der Waals surface area contributed by atoms with Crippen LogP contribution in [0.5, 0.6) is 0 Å². The zero-order valence-corrected chi connectivity index (χ0v) is 18.8. The molecule has 2 aromatic heterocycles. The summed E-state index contributed by atoms with van der Waals surface area (Å²) in [5, 5.41) is 1.20. The quantitative estimate of drug-likeness (QED) is 0.536. The van der Waals surface area contributed by atoms with Gasteiger partial charge in [-0.15, -0.1) is 11.3 Å². The van der Waals surface area contributed by atoms with Crippen molar-refractivity contribution in [2.24, 2.45) is 0 Å². The van der Waals surface area contributed by atoms with Crippen LogP contribution in [0.25, 0.3) is 10.8 Å². The Hall–Kier alpha value is -2.68. The number of esters is 1. The highest BCUT2D eigenvalue weighted by atomic mass is 35.5. The van der Waals surface area contributed by atoms with E-state index in [-0.39, 0.29) is 11.9 Å². The van der Waals surface area contributed by atoms with E-state index in [1.807, 2.05) is 36.1 Å². The number of piperazine rings is 1. The molecule has 3 heterocycles. The molecule has 1 amide bonds. The fourth-order valence-electron chi connectivity index (χ4n) is 3.71. The summed E-state index contributed by atoms with van der Waals surface area (Å²) in [5.74, 6) is 0.169. The lowest BCUT2D eigenvalue weighted by atomic mass is 10.0. The van der Waals surface area contributed by atoms with Crippen LogP contribution in [0.2, 0.25) is 5.02 Å². The van der Waals surface area contributed by atoms with Crippen LogP contribution in [0.4, 0.5) is 0 Å². The van der Waals surface area contributed by atoms with Crippen LogP contribution in [0.15, 0.2) is 47.1 Å². The van der Waals surface area contributed by atoms with E-state index >= 15 is 0 Å². The normalized spacial score (nSPS) is 15.6. The molecular formula is C22H22ClN3O4S. The molecule has 1 aromatic carbocycles. The van der Waals surface area contributed by atoms with Crippen molar-refractivity contribution in [3.05, 3.63) is 63.8 Å². The molecule has 0 saturated carbocycles.